The monoisotopic (exact) mass is 593 g/mol. The smallest absolute Gasteiger partial charge is 0.229 e. The summed E-state index contributed by atoms with van der Waals surface area (Å²) in [4.78, 5) is 14.2. The minimum absolute atomic E-state index is 0.217. The first-order chi connectivity index (χ1) is 20.2. The standard InChI is InChI=1S/C30H39N7O4S/c1-20(2)42(38,39)28-8-6-5-7-24(28)33-29-22(21-9-15-41-16-10-21)19-32-30(35-29)34-25-17-23(31)26(18-27(25)40-4)37-13-11-36(3)12-14-37/h5-9,17-20H,10-16,31H2,1-4H3,(H2,32,33,34,35). The van der Waals surface area contributed by atoms with E-state index in [9.17, 15) is 8.42 Å². The fourth-order valence-corrected chi connectivity index (χ4v) is 6.24. The number of nitrogens with zero attached hydrogens (tertiary/aromatic N) is 4. The normalized spacial score (nSPS) is 16.3. The van der Waals surface area contributed by atoms with Crippen molar-refractivity contribution in [2.75, 3.05) is 74.8 Å². The number of rotatable bonds is 9. The highest BCUT2D eigenvalue weighted by molar-refractivity contribution is 7.92. The molecule has 0 saturated carbocycles. The van der Waals surface area contributed by atoms with Crippen molar-refractivity contribution in [1.82, 2.24) is 14.9 Å². The van der Waals surface area contributed by atoms with Gasteiger partial charge in [0.1, 0.15) is 11.6 Å². The maximum atomic E-state index is 13.2. The van der Waals surface area contributed by atoms with Crippen molar-refractivity contribution in [2.24, 2.45) is 0 Å². The van der Waals surface area contributed by atoms with Crippen LogP contribution in [0.15, 0.2) is 53.6 Å². The number of aromatic nitrogens is 2. The number of ether oxygens (including phenoxy) is 2. The summed E-state index contributed by atoms with van der Waals surface area (Å²) in [6.45, 7) is 8.10. The summed E-state index contributed by atoms with van der Waals surface area (Å²) < 4.78 is 37.5. The quantitative estimate of drug-likeness (QED) is 0.307. The summed E-state index contributed by atoms with van der Waals surface area (Å²) in [5.74, 6) is 1.40. The van der Waals surface area contributed by atoms with E-state index in [-0.39, 0.29) is 4.90 Å². The van der Waals surface area contributed by atoms with Gasteiger partial charge in [-0.25, -0.2) is 13.4 Å². The molecule has 0 bridgehead atoms. The minimum atomic E-state index is -3.55. The Morgan fingerprint density at radius 1 is 1.07 bits per heavy atom. The Kier molecular flexibility index (Phi) is 8.85. The number of methoxy groups -OCH3 is 1. The molecule has 0 radical (unpaired) electrons. The Labute approximate surface area is 247 Å². The first kappa shape index (κ1) is 29.6. The van der Waals surface area contributed by atoms with Crippen LogP contribution in [0.2, 0.25) is 0 Å². The zero-order chi connectivity index (χ0) is 29.9. The maximum Gasteiger partial charge on any atom is 0.229 e. The van der Waals surface area contributed by atoms with Gasteiger partial charge in [0.2, 0.25) is 5.95 Å². The van der Waals surface area contributed by atoms with Crippen LogP contribution in [0, 0.1) is 0 Å². The molecular formula is C30H39N7O4S. The molecule has 0 atom stereocenters. The fraction of sp³-hybridized carbons (Fsp3) is 0.400. The molecule has 0 unspecified atom stereocenters. The van der Waals surface area contributed by atoms with Gasteiger partial charge >= 0.3 is 0 Å². The molecule has 224 valence electrons. The van der Waals surface area contributed by atoms with E-state index in [1.54, 1.807) is 51.4 Å². The molecule has 5 rings (SSSR count). The van der Waals surface area contributed by atoms with E-state index in [2.05, 4.69) is 32.5 Å². The highest BCUT2D eigenvalue weighted by Gasteiger charge is 2.24. The number of piperazine rings is 1. The molecule has 2 aromatic carbocycles. The first-order valence-electron chi connectivity index (χ1n) is 14.1. The van der Waals surface area contributed by atoms with Crippen molar-refractivity contribution in [3.63, 3.8) is 0 Å². The zero-order valence-corrected chi connectivity index (χ0v) is 25.4. The van der Waals surface area contributed by atoms with Gasteiger partial charge in [-0.15, -0.1) is 0 Å². The Bertz CT molecular complexity index is 1570. The second-order valence-corrected chi connectivity index (χ2v) is 13.2. The molecule has 3 aromatic rings. The average Bonchev–Trinajstić information content (AvgIpc) is 2.98. The van der Waals surface area contributed by atoms with Crippen molar-refractivity contribution in [2.45, 2.75) is 30.4 Å². The molecule has 42 heavy (non-hydrogen) atoms. The summed E-state index contributed by atoms with van der Waals surface area (Å²) in [6.07, 6.45) is 4.43. The van der Waals surface area contributed by atoms with E-state index in [1.165, 1.54) is 0 Å². The van der Waals surface area contributed by atoms with Crippen LogP contribution in [0.5, 0.6) is 5.75 Å². The van der Waals surface area contributed by atoms with Gasteiger partial charge in [-0.2, -0.15) is 4.98 Å². The lowest BCUT2D eigenvalue weighted by molar-refractivity contribution is 0.161. The molecule has 3 heterocycles. The predicted octanol–water partition coefficient (Wildman–Crippen LogP) is 4.29. The maximum absolute atomic E-state index is 13.2. The largest absolute Gasteiger partial charge is 0.494 e. The highest BCUT2D eigenvalue weighted by atomic mass is 32.2. The average molecular weight is 594 g/mol. The lowest BCUT2D eigenvalue weighted by Crippen LogP contribution is -2.44. The third-order valence-electron chi connectivity index (χ3n) is 7.60. The summed E-state index contributed by atoms with van der Waals surface area (Å²) in [5, 5.41) is 5.99. The topological polar surface area (TPSA) is 135 Å². The highest BCUT2D eigenvalue weighted by Crippen LogP contribution is 2.38. The van der Waals surface area contributed by atoms with Gasteiger partial charge < -0.3 is 35.6 Å². The van der Waals surface area contributed by atoms with Crippen molar-refractivity contribution >= 4 is 49.9 Å². The SMILES string of the molecule is COc1cc(N2CCN(C)CC2)c(N)cc1Nc1ncc(C2=CCOCC2)c(Nc2ccccc2S(=O)(=O)C(C)C)n1. The number of hydrogen-bond donors (Lipinski definition) is 3. The van der Waals surface area contributed by atoms with Gasteiger partial charge in [0.25, 0.3) is 0 Å². The van der Waals surface area contributed by atoms with Gasteiger partial charge in [-0.05, 0) is 51.1 Å². The number of likely N-dealkylation sites (N-methyl/N-ethyl adjacent to an activating group) is 1. The van der Waals surface area contributed by atoms with Gasteiger partial charge in [-0.1, -0.05) is 18.2 Å². The van der Waals surface area contributed by atoms with Crippen LogP contribution in [-0.2, 0) is 14.6 Å². The molecule has 12 heteroatoms. The second kappa shape index (κ2) is 12.6. The molecular weight excluding hydrogens is 554 g/mol. The molecule has 1 saturated heterocycles. The van der Waals surface area contributed by atoms with E-state index < -0.39 is 15.1 Å². The van der Waals surface area contributed by atoms with Crippen LogP contribution in [0.4, 0.5) is 34.5 Å². The van der Waals surface area contributed by atoms with E-state index >= 15 is 0 Å². The summed E-state index contributed by atoms with van der Waals surface area (Å²) >= 11 is 0. The Hall–Kier alpha value is -3.87. The van der Waals surface area contributed by atoms with Crippen LogP contribution in [0.3, 0.4) is 0 Å². The Morgan fingerprint density at radius 3 is 2.52 bits per heavy atom. The predicted molar refractivity (Wildman–Crippen MR) is 168 cm³/mol. The van der Waals surface area contributed by atoms with Crippen LogP contribution < -0.4 is 26.0 Å². The van der Waals surface area contributed by atoms with Crippen molar-refractivity contribution < 1.29 is 17.9 Å². The Balaban J connectivity index is 1.51. The number of anilines is 6. The molecule has 1 fully saturated rings. The van der Waals surface area contributed by atoms with Gasteiger partial charge in [0.05, 0.1) is 53.2 Å². The van der Waals surface area contributed by atoms with Crippen molar-refractivity contribution in [1.29, 1.82) is 0 Å². The van der Waals surface area contributed by atoms with E-state index in [4.69, 9.17) is 20.2 Å². The molecule has 0 amide bonds. The van der Waals surface area contributed by atoms with Crippen LogP contribution in [-0.4, -0.2) is 82.1 Å². The molecule has 4 N–H and O–H groups in total. The van der Waals surface area contributed by atoms with Crippen LogP contribution in [0.1, 0.15) is 25.8 Å². The number of benzene rings is 2. The van der Waals surface area contributed by atoms with Crippen LogP contribution in [0.25, 0.3) is 5.57 Å². The number of nitrogens with one attached hydrogen (secondary N) is 2. The van der Waals surface area contributed by atoms with E-state index in [1.807, 2.05) is 18.2 Å². The molecule has 0 spiro atoms. The first-order valence-corrected chi connectivity index (χ1v) is 15.6. The number of hydrogen-bond acceptors (Lipinski definition) is 11. The number of sulfone groups is 1. The number of nitrogen functional groups attached to an aromatic ring is 1. The molecule has 11 nitrogen and oxygen atoms in total. The van der Waals surface area contributed by atoms with Crippen LogP contribution >= 0.6 is 0 Å². The molecule has 2 aliphatic rings. The molecule has 2 aliphatic heterocycles. The van der Waals surface area contributed by atoms with Crippen molar-refractivity contribution in [3.05, 3.63) is 54.2 Å². The number of para-hydroxylation sites is 1. The van der Waals surface area contributed by atoms with Gasteiger partial charge in [-0.3, -0.25) is 0 Å². The second-order valence-electron chi connectivity index (χ2n) is 10.8. The number of nitrogens with two attached hydrogens (primary N) is 1. The molecule has 0 aliphatic carbocycles. The third-order valence-corrected chi connectivity index (χ3v) is 9.81. The Morgan fingerprint density at radius 2 is 1.83 bits per heavy atom. The zero-order valence-electron chi connectivity index (χ0n) is 24.6. The lowest BCUT2D eigenvalue weighted by Gasteiger charge is -2.35. The van der Waals surface area contributed by atoms with E-state index in [0.717, 1.165) is 43.0 Å². The van der Waals surface area contributed by atoms with Crippen molar-refractivity contribution in [3.8, 4) is 5.75 Å². The van der Waals surface area contributed by atoms with Gasteiger partial charge in [0, 0.05) is 44.0 Å². The summed E-state index contributed by atoms with van der Waals surface area (Å²) in [7, 11) is 0.183. The molecule has 1 aromatic heterocycles. The fourth-order valence-electron chi connectivity index (χ4n) is 5.04. The summed E-state index contributed by atoms with van der Waals surface area (Å²) in [5.41, 5.74) is 10.9. The third kappa shape index (κ3) is 6.30. The summed E-state index contributed by atoms with van der Waals surface area (Å²) in [6, 6.07) is 10.6. The van der Waals surface area contributed by atoms with E-state index in [0.29, 0.717) is 54.2 Å². The lowest BCUT2D eigenvalue weighted by atomic mass is 10.0. The minimum Gasteiger partial charge on any atom is -0.494 e. The van der Waals surface area contributed by atoms with Gasteiger partial charge in [0.15, 0.2) is 9.84 Å².